The van der Waals surface area contributed by atoms with Crippen LogP contribution in [0.4, 0.5) is 5.69 Å². The summed E-state index contributed by atoms with van der Waals surface area (Å²) in [6, 6.07) is 17.1. The Balaban J connectivity index is 1.67. The number of amides is 1. The third kappa shape index (κ3) is 3.55. The number of nitrogens with one attached hydrogen (secondary N) is 1. The lowest BCUT2D eigenvalue weighted by Gasteiger charge is -2.21. The highest BCUT2D eigenvalue weighted by Crippen LogP contribution is 2.36. The Morgan fingerprint density at radius 1 is 0.867 bits per heavy atom. The topological polar surface area (TPSA) is 63.2 Å². The minimum absolute atomic E-state index is 0.132. The van der Waals surface area contributed by atoms with Gasteiger partial charge in [-0.1, -0.05) is 61.3 Å². The number of hydrogen-bond acceptors (Lipinski definition) is 3. The number of fused-ring (bicyclic) bond motifs is 2. The molecule has 3 aromatic carbocycles. The van der Waals surface area contributed by atoms with Gasteiger partial charge in [0, 0.05) is 16.7 Å². The van der Waals surface area contributed by atoms with Crippen LogP contribution < -0.4 is 5.32 Å². The van der Waals surface area contributed by atoms with E-state index in [1.807, 2.05) is 12.1 Å². The van der Waals surface area contributed by atoms with Gasteiger partial charge in [-0.05, 0) is 42.7 Å². The molecule has 0 atom stereocenters. The second-order valence-electron chi connectivity index (χ2n) is 7.30. The van der Waals surface area contributed by atoms with Crippen molar-refractivity contribution in [2.45, 2.75) is 26.2 Å². The predicted octanol–water partition coefficient (Wildman–Crippen LogP) is 5.71. The Hall–Kier alpha value is -3.24. The highest BCUT2D eigenvalue weighted by molar-refractivity contribution is 6.40. The van der Waals surface area contributed by atoms with Crippen molar-refractivity contribution in [3.8, 4) is 0 Å². The highest BCUT2D eigenvalue weighted by atomic mass is 35.5. The van der Waals surface area contributed by atoms with E-state index in [-0.39, 0.29) is 39.3 Å². The zero-order valence-corrected chi connectivity index (χ0v) is 17.3. The number of rotatable bonds is 5. The lowest BCUT2D eigenvalue weighted by atomic mass is 9.83. The maximum absolute atomic E-state index is 13.1. The average Bonchev–Trinajstić information content (AvgIpc) is 2.77. The van der Waals surface area contributed by atoms with Crippen molar-refractivity contribution in [1.82, 2.24) is 0 Å². The molecule has 0 saturated heterocycles. The minimum atomic E-state index is -0.347. The molecule has 1 amide bonds. The van der Waals surface area contributed by atoms with Crippen molar-refractivity contribution in [2.75, 3.05) is 5.32 Å². The summed E-state index contributed by atoms with van der Waals surface area (Å²) in [5, 5.41) is 2.98. The van der Waals surface area contributed by atoms with E-state index >= 15 is 0 Å². The molecule has 0 saturated carbocycles. The molecule has 0 radical (unpaired) electrons. The molecule has 0 fully saturated rings. The van der Waals surface area contributed by atoms with Gasteiger partial charge in [-0.25, -0.2) is 0 Å². The molecule has 0 bridgehead atoms. The number of benzene rings is 3. The molecule has 4 nitrogen and oxygen atoms in total. The number of aryl methyl sites for hydroxylation is 1. The van der Waals surface area contributed by atoms with Crippen molar-refractivity contribution in [1.29, 1.82) is 0 Å². The molecule has 0 heterocycles. The van der Waals surface area contributed by atoms with Crippen molar-refractivity contribution in [3.05, 3.63) is 99.1 Å². The molecule has 0 aliphatic heterocycles. The minimum Gasteiger partial charge on any atom is -0.321 e. The number of anilines is 1. The third-order valence-electron chi connectivity index (χ3n) is 5.31. The van der Waals surface area contributed by atoms with Crippen LogP contribution >= 0.6 is 11.6 Å². The fourth-order valence-corrected chi connectivity index (χ4v) is 3.93. The van der Waals surface area contributed by atoms with Gasteiger partial charge in [0.2, 0.25) is 0 Å². The van der Waals surface area contributed by atoms with Crippen LogP contribution in [0.15, 0.2) is 60.7 Å². The number of halogens is 1. The smallest absolute Gasteiger partial charge is 0.255 e. The molecule has 4 rings (SSSR count). The summed E-state index contributed by atoms with van der Waals surface area (Å²) in [7, 11) is 0. The highest BCUT2D eigenvalue weighted by Gasteiger charge is 2.33. The lowest BCUT2D eigenvalue weighted by molar-refractivity contribution is 0.0978. The van der Waals surface area contributed by atoms with Gasteiger partial charge in [0.05, 0.1) is 21.8 Å². The largest absolute Gasteiger partial charge is 0.321 e. The SMILES string of the molecule is CCCCc1ccc(C(=O)Nc2ccc(Cl)c3c2C(=O)c2ccccc2C3=O)cc1. The Kier molecular flexibility index (Phi) is 5.51. The number of carbonyl (C=O) groups excluding carboxylic acids is 3. The molecule has 1 aliphatic carbocycles. The van der Waals surface area contributed by atoms with Crippen LogP contribution in [0.5, 0.6) is 0 Å². The van der Waals surface area contributed by atoms with Gasteiger partial charge in [0.15, 0.2) is 11.6 Å². The van der Waals surface area contributed by atoms with Gasteiger partial charge in [-0.2, -0.15) is 0 Å². The van der Waals surface area contributed by atoms with Gasteiger partial charge in [0.1, 0.15) is 0 Å². The standard InChI is InChI=1S/C25H20ClNO3/c1-2-3-6-15-9-11-16(12-10-15)25(30)27-20-14-13-19(26)21-22(20)24(29)18-8-5-4-7-17(18)23(21)28/h4-5,7-14H,2-3,6H2,1H3,(H,27,30). The van der Waals surface area contributed by atoms with E-state index in [1.54, 1.807) is 42.5 Å². The van der Waals surface area contributed by atoms with Gasteiger partial charge in [-0.3, -0.25) is 14.4 Å². The second kappa shape index (κ2) is 8.25. The van der Waals surface area contributed by atoms with Crippen LogP contribution in [-0.4, -0.2) is 17.5 Å². The van der Waals surface area contributed by atoms with E-state index in [9.17, 15) is 14.4 Å². The van der Waals surface area contributed by atoms with E-state index in [1.165, 1.54) is 11.6 Å². The van der Waals surface area contributed by atoms with Crippen LogP contribution in [0.3, 0.4) is 0 Å². The molecular formula is C25H20ClNO3. The van der Waals surface area contributed by atoms with Crippen molar-refractivity contribution in [2.24, 2.45) is 0 Å². The molecule has 3 aromatic rings. The van der Waals surface area contributed by atoms with Crippen LogP contribution in [-0.2, 0) is 6.42 Å². The summed E-state index contributed by atoms with van der Waals surface area (Å²) in [6.45, 7) is 2.14. The summed E-state index contributed by atoms with van der Waals surface area (Å²) in [5.74, 6) is -0.991. The first kappa shape index (κ1) is 20.0. The number of hydrogen-bond donors (Lipinski definition) is 1. The number of carbonyl (C=O) groups is 3. The van der Waals surface area contributed by atoms with Crippen LogP contribution in [0, 0.1) is 0 Å². The van der Waals surface area contributed by atoms with Crippen LogP contribution in [0.2, 0.25) is 5.02 Å². The first-order valence-corrected chi connectivity index (χ1v) is 10.3. The molecule has 1 aliphatic rings. The van der Waals surface area contributed by atoms with Gasteiger partial charge in [0.25, 0.3) is 5.91 Å². The molecular weight excluding hydrogens is 398 g/mol. The van der Waals surface area contributed by atoms with Crippen molar-refractivity contribution >= 4 is 34.8 Å². The molecule has 0 unspecified atom stereocenters. The van der Waals surface area contributed by atoms with Gasteiger partial charge in [-0.15, -0.1) is 0 Å². The number of ketones is 2. The quantitative estimate of drug-likeness (QED) is 0.452. The van der Waals surface area contributed by atoms with Gasteiger partial charge < -0.3 is 5.32 Å². The summed E-state index contributed by atoms with van der Waals surface area (Å²) in [4.78, 5) is 38.9. The maximum Gasteiger partial charge on any atom is 0.255 e. The van der Waals surface area contributed by atoms with E-state index in [4.69, 9.17) is 11.6 Å². The summed E-state index contributed by atoms with van der Waals surface area (Å²) >= 11 is 6.27. The molecule has 0 spiro atoms. The Morgan fingerprint density at radius 3 is 2.13 bits per heavy atom. The Labute approximate surface area is 179 Å². The number of unbranched alkanes of at least 4 members (excludes halogenated alkanes) is 1. The fourth-order valence-electron chi connectivity index (χ4n) is 3.69. The zero-order valence-electron chi connectivity index (χ0n) is 16.5. The average molecular weight is 418 g/mol. The van der Waals surface area contributed by atoms with E-state index in [2.05, 4.69) is 12.2 Å². The predicted molar refractivity (Wildman–Crippen MR) is 118 cm³/mol. The maximum atomic E-state index is 13.1. The zero-order chi connectivity index (χ0) is 21.3. The lowest BCUT2D eigenvalue weighted by Crippen LogP contribution is -2.24. The third-order valence-corrected chi connectivity index (χ3v) is 5.62. The molecule has 150 valence electrons. The van der Waals surface area contributed by atoms with Crippen molar-refractivity contribution < 1.29 is 14.4 Å². The van der Waals surface area contributed by atoms with Crippen molar-refractivity contribution in [3.63, 3.8) is 0 Å². The molecule has 1 N–H and O–H groups in total. The fraction of sp³-hybridized carbons (Fsp3) is 0.160. The normalized spacial score (nSPS) is 12.3. The van der Waals surface area contributed by atoms with E-state index in [0.717, 1.165) is 19.3 Å². The van der Waals surface area contributed by atoms with E-state index in [0.29, 0.717) is 16.7 Å². The molecule has 0 aromatic heterocycles. The second-order valence-corrected chi connectivity index (χ2v) is 7.71. The molecule has 5 heteroatoms. The molecule has 30 heavy (non-hydrogen) atoms. The summed E-state index contributed by atoms with van der Waals surface area (Å²) in [5.41, 5.74) is 2.84. The first-order chi connectivity index (χ1) is 14.5. The van der Waals surface area contributed by atoms with E-state index < -0.39 is 0 Å². The first-order valence-electron chi connectivity index (χ1n) is 9.92. The van der Waals surface area contributed by atoms with Crippen LogP contribution in [0.25, 0.3) is 0 Å². The summed E-state index contributed by atoms with van der Waals surface area (Å²) in [6.07, 6.45) is 3.18. The summed E-state index contributed by atoms with van der Waals surface area (Å²) < 4.78 is 0. The van der Waals surface area contributed by atoms with Crippen LogP contribution in [0.1, 0.15) is 67.5 Å². The van der Waals surface area contributed by atoms with Gasteiger partial charge >= 0.3 is 0 Å². The Morgan fingerprint density at radius 2 is 1.50 bits per heavy atom. The monoisotopic (exact) mass is 417 g/mol. The Bertz CT molecular complexity index is 1170.